The minimum absolute atomic E-state index is 0.0372. The average Bonchev–Trinajstić information content (AvgIpc) is 2.82. The fourth-order valence-electron chi connectivity index (χ4n) is 1.63. The maximum atomic E-state index is 11.7. The third kappa shape index (κ3) is 2.79. The van der Waals surface area contributed by atoms with Gasteiger partial charge in [0.15, 0.2) is 0 Å². The van der Waals surface area contributed by atoms with Gasteiger partial charge in [-0.2, -0.15) is 0 Å². The number of carboxylic acids is 1. The van der Waals surface area contributed by atoms with Crippen molar-refractivity contribution in [3.63, 3.8) is 0 Å². The lowest BCUT2D eigenvalue weighted by Gasteiger charge is -2.10. The van der Waals surface area contributed by atoms with Gasteiger partial charge in [-0.05, 0) is 18.9 Å². The molecule has 1 aliphatic heterocycles. The van der Waals surface area contributed by atoms with E-state index in [2.05, 4.69) is 10.3 Å². The van der Waals surface area contributed by atoms with Crippen LogP contribution in [0.15, 0.2) is 18.5 Å². The number of rotatable bonds is 3. The molecule has 0 saturated carbocycles. The molecular formula is C11H12N2O4. The first-order valence-electron chi connectivity index (χ1n) is 5.27. The molecule has 2 rings (SSSR count). The van der Waals surface area contributed by atoms with Gasteiger partial charge >= 0.3 is 5.97 Å². The molecule has 17 heavy (non-hydrogen) atoms. The average molecular weight is 236 g/mol. The number of carbonyl (C=O) groups is 2. The molecule has 0 radical (unpaired) electrons. The minimum atomic E-state index is -1.08. The largest absolute Gasteiger partial charge is 0.478 e. The summed E-state index contributed by atoms with van der Waals surface area (Å²) >= 11 is 0. The zero-order chi connectivity index (χ0) is 12.3. The summed E-state index contributed by atoms with van der Waals surface area (Å²) in [6.07, 6.45) is 3.75. The summed E-state index contributed by atoms with van der Waals surface area (Å²) in [4.78, 5) is 26.2. The van der Waals surface area contributed by atoms with Crippen LogP contribution < -0.4 is 5.32 Å². The van der Waals surface area contributed by atoms with E-state index < -0.39 is 12.1 Å². The van der Waals surface area contributed by atoms with Crippen LogP contribution in [0.25, 0.3) is 0 Å². The van der Waals surface area contributed by atoms with Gasteiger partial charge in [0.1, 0.15) is 6.10 Å². The molecule has 2 heterocycles. The van der Waals surface area contributed by atoms with Gasteiger partial charge in [0.05, 0.1) is 17.4 Å². The Labute approximate surface area is 97.6 Å². The molecule has 1 aliphatic rings. The summed E-state index contributed by atoms with van der Waals surface area (Å²) in [7, 11) is 0. The van der Waals surface area contributed by atoms with Crippen LogP contribution >= 0.6 is 0 Å². The summed E-state index contributed by atoms with van der Waals surface area (Å²) in [5.74, 6) is -1.34. The number of pyridine rings is 1. The highest BCUT2D eigenvalue weighted by molar-refractivity contribution is 5.95. The summed E-state index contributed by atoms with van der Waals surface area (Å²) in [6.45, 7) is 0.589. The fourth-order valence-corrected chi connectivity index (χ4v) is 1.63. The molecule has 1 amide bonds. The highest BCUT2D eigenvalue weighted by Gasteiger charge is 2.23. The molecule has 0 unspecified atom stereocenters. The molecule has 2 N–H and O–H groups in total. The van der Waals surface area contributed by atoms with Crippen molar-refractivity contribution < 1.29 is 19.4 Å². The molecule has 0 bridgehead atoms. The topological polar surface area (TPSA) is 88.5 Å². The normalized spacial score (nSPS) is 18.9. The van der Waals surface area contributed by atoms with E-state index in [9.17, 15) is 9.59 Å². The first-order chi connectivity index (χ1) is 8.16. The first kappa shape index (κ1) is 11.5. The predicted molar refractivity (Wildman–Crippen MR) is 58.8 cm³/mol. The molecule has 0 aromatic carbocycles. The van der Waals surface area contributed by atoms with Crippen LogP contribution in [0, 0.1) is 0 Å². The van der Waals surface area contributed by atoms with E-state index in [1.807, 2.05) is 0 Å². The van der Waals surface area contributed by atoms with Crippen LogP contribution in [0.3, 0.4) is 0 Å². The summed E-state index contributed by atoms with van der Waals surface area (Å²) in [6, 6.07) is 1.36. The van der Waals surface area contributed by atoms with E-state index in [0.717, 1.165) is 6.42 Å². The van der Waals surface area contributed by atoms with E-state index in [-0.39, 0.29) is 11.5 Å². The summed E-state index contributed by atoms with van der Waals surface area (Å²) < 4.78 is 5.22. The molecule has 1 atom stereocenters. The van der Waals surface area contributed by atoms with Crippen molar-refractivity contribution in [2.24, 2.45) is 0 Å². The Kier molecular flexibility index (Phi) is 3.34. The number of carboxylic acid groups (broad SMARTS) is 1. The van der Waals surface area contributed by atoms with Crippen molar-refractivity contribution in [3.8, 4) is 0 Å². The van der Waals surface area contributed by atoms with Crippen molar-refractivity contribution in [3.05, 3.63) is 24.0 Å². The lowest BCUT2D eigenvalue weighted by atomic mass is 10.2. The number of carbonyl (C=O) groups excluding carboxylic acids is 1. The molecule has 0 aliphatic carbocycles. The lowest BCUT2D eigenvalue weighted by Crippen LogP contribution is -2.27. The van der Waals surface area contributed by atoms with Crippen LogP contribution in [0.5, 0.6) is 0 Å². The van der Waals surface area contributed by atoms with E-state index >= 15 is 0 Å². The Bertz CT molecular complexity index is 441. The quantitative estimate of drug-likeness (QED) is 0.813. The minimum Gasteiger partial charge on any atom is -0.478 e. The second-order valence-corrected chi connectivity index (χ2v) is 3.76. The van der Waals surface area contributed by atoms with Crippen LogP contribution in [-0.4, -0.2) is 34.7 Å². The Morgan fingerprint density at radius 1 is 1.47 bits per heavy atom. The van der Waals surface area contributed by atoms with Gasteiger partial charge in [-0.3, -0.25) is 9.78 Å². The number of anilines is 1. The molecule has 1 fully saturated rings. The maximum Gasteiger partial charge on any atom is 0.337 e. The highest BCUT2D eigenvalue weighted by Crippen LogP contribution is 2.15. The van der Waals surface area contributed by atoms with Crippen LogP contribution in [0.4, 0.5) is 5.69 Å². The van der Waals surface area contributed by atoms with Crippen LogP contribution in [0.1, 0.15) is 23.2 Å². The molecule has 6 heteroatoms. The molecule has 90 valence electrons. The molecule has 1 aromatic heterocycles. The van der Waals surface area contributed by atoms with Crippen LogP contribution in [0.2, 0.25) is 0 Å². The Balaban J connectivity index is 2.05. The van der Waals surface area contributed by atoms with Crippen molar-refractivity contribution in [1.29, 1.82) is 0 Å². The zero-order valence-corrected chi connectivity index (χ0v) is 9.05. The summed E-state index contributed by atoms with van der Waals surface area (Å²) in [5, 5.41) is 11.4. The second-order valence-electron chi connectivity index (χ2n) is 3.76. The van der Waals surface area contributed by atoms with E-state index in [1.54, 1.807) is 0 Å². The van der Waals surface area contributed by atoms with Gasteiger partial charge in [0.2, 0.25) is 0 Å². The molecule has 1 saturated heterocycles. The standard InChI is InChI=1S/C11H12N2O4/c14-10(9-2-1-3-17-9)13-8-4-7(11(15)16)5-12-6-8/h4-6,9H,1-3H2,(H,13,14)(H,15,16)/t9-/m0/s1. The van der Waals surface area contributed by atoms with Crippen molar-refractivity contribution in [2.75, 3.05) is 11.9 Å². The number of amides is 1. The molecular weight excluding hydrogens is 224 g/mol. The van der Waals surface area contributed by atoms with Crippen molar-refractivity contribution in [2.45, 2.75) is 18.9 Å². The van der Waals surface area contributed by atoms with Gasteiger partial charge in [-0.25, -0.2) is 4.79 Å². The second kappa shape index (κ2) is 4.92. The van der Waals surface area contributed by atoms with Gasteiger partial charge in [0.25, 0.3) is 5.91 Å². The van der Waals surface area contributed by atoms with Crippen molar-refractivity contribution in [1.82, 2.24) is 4.98 Å². The van der Waals surface area contributed by atoms with Crippen LogP contribution in [-0.2, 0) is 9.53 Å². The predicted octanol–water partition coefficient (Wildman–Crippen LogP) is 0.897. The Morgan fingerprint density at radius 2 is 2.29 bits per heavy atom. The number of hydrogen-bond donors (Lipinski definition) is 2. The first-order valence-corrected chi connectivity index (χ1v) is 5.27. The number of aromatic nitrogens is 1. The fraction of sp³-hybridized carbons (Fsp3) is 0.364. The lowest BCUT2D eigenvalue weighted by molar-refractivity contribution is -0.124. The Morgan fingerprint density at radius 3 is 2.94 bits per heavy atom. The highest BCUT2D eigenvalue weighted by atomic mass is 16.5. The van der Waals surface area contributed by atoms with Gasteiger partial charge in [-0.1, -0.05) is 0 Å². The molecule has 0 spiro atoms. The van der Waals surface area contributed by atoms with Gasteiger partial charge in [0, 0.05) is 12.8 Å². The van der Waals surface area contributed by atoms with Crippen molar-refractivity contribution >= 4 is 17.6 Å². The monoisotopic (exact) mass is 236 g/mol. The van der Waals surface area contributed by atoms with E-state index in [1.165, 1.54) is 18.5 Å². The Hall–Kier alpha value is -1.95. The van der Waals surface area contributed by atoms with E-state index in [0.29, 0.717) is 18.7 Å². The van der Waals surface area contributed by atoms with E-state index in [4.69, 9.17) is 9.84 Å². The molecule has 1 aromatic rings. The number of nitrogens with zero attached hydrogens (tertiary/aromatic N) is 1. The molecule has 6 nitrogen and oxygen atoms in total. The van der Waals surface area contributed by atoms with Gasteiger partial charge < -0.3 is 15.2 Å². The summed E-state index contributed by atoms with van der Waals surface area (Å²) in [5.41, 5.74) is 0.403. The maximum absolute atomic E-state index is 11.7. The van der Waals surface area contributed by atoms with Gasteiger partial charge in [-0.15, -0.1) is 0 Å². The smallest absolute Gasteiger partial charge is 0.337 e. The SMILES string of the molecule is O=C(O)c1cncc(NC(=O)[C@@H]2CCCO2)c1. The number of nitrogens with one attached hydrogen (secondary N) is 1. The third-order valence-corrected chi connectivity index (χ3v) is 2.47. The number of hydrogen-bond acceptors (Lipinski definition) is 4. The number of aromatic carboxylic acids is 1. The zero-order valence-electron chi connectivity index (χ0n) is 9.05. The third-order valence-electron chi connectivity index (χ3n) is 2.47. The number of ether oxygens (including phenoxy) is 1.